The Balaban J connectivity index is 1.91. The quantitative estimate of drug-likeness (QED) is 0.604. The van der Waals surface area contributed by atoms with Crippen molar-refractivity contribution in [1.82, 2.24) is 4.90 Å². The fraction of sp³-hybridized carbons (Fsp3) is 0.867. The lowest BCUT2D eigenvalue weighted by atomic mass is 9.95. The van der Waals surface area contributed by atoms with Crippen molar-refractivity contribution in [1.29, 1.82) is 0 Å². The third-order valence-electron chi connectivity index (χ3n) is 3.94. The topological polar surface area (TPSA) is 3.24 Å². The smallest absolute Gasteiger partial charge is 0.0371 e. The molecule has 0 amide bonds. The first-order valence-corrected chi connectivity index (χ1v) is 7.22. The van der Waals surface area contributed by atoms with Crippen molar-refractivity contribution in [2.75, 3.05) is 6.54 Å². The first kappa shape index (κ1) is 11.8. The van der Waals surface area contributed by atoms with Gasteiger partial charge in [0.1, 0.15) is 0 Å². The van der Waals surface area contributed by atoms with E-state index < -0.39 is 0 Å². The molecule has 0 N–H and O–H groups in total. The molecule has 0 aromatic heterocycles. The minimum atomic E-state index is 0.769. The average Bonchev–Trinajstić information content (AvgIpc) is 2.18. The van der Waals surface area contributed by atoms with Gasteiger partial charge in [-0.1, -0.05) is 44.4 Å². The maximum Gasteiger partial charge on any atom is 0.0371 e. The molecule has 0 saturated heterocycles. The van der Waals surface area contributed by atoms with Gasteiger partial charge in [0.15, 0.2) is 0 Å². The Morgan fingerprint density at radius 1 is 0.750 bits per heavy atom. The monoisotopic (exact) mass is 219 g/mol. The predicted molar refractivity (Wildman–Crippen MR) is 69.1 cm³/mol. The molecule has 1 heterocycles. The van der Waals surface area contributed by atoms with Crippen molar-refractivity contribution in [3.63, 3.8) is 0 Å². The Labute approximate surface area is 101 Å². The van der Waals surface area contributed by atoms with Crippen molar-refractivity contribution in [2.45, 2.75) is 76.7 Å². The Kier molecular flexibility index (Phi) is 5.06. The van der Waals surface area contributed by atoms with E-state index in [4.69, 9.17) is 0 Å². The van der Waals surface area contributed by atoms with Crippen LogP contribution >= 0.6 is 0 Å². The molecule has 16 heavy (non-hydrogen) atoms. The molecule has 0 atom stereocenters. The maximum absolute atomic E-state index is 3.42. The van der Waals surface area contributed by atoms with E-state index in [9.17, 15) is 0 Å². The SMILES string of the molecule is C1#CN(C2CCCCCCC2)CCCCC1. The molecule has 90 valence electrons. The highest BCUT2D eigenvalue weighted by atomic mass is 15.1. The fourth-order valence-electron chi connectivity index (χ4n) is 2.91. The average molecular weight is 219 g/mol. The van der Waals surface area contributed by atoms with Crippen molar-refractivity contribution >= 4 is 0 Å². The van der Waals surface area contributed by atoms with E-state index in [2.05, 4.69) is 16.9 Å². The third kappa shape index (κ3) is 3.74. The minimum Gasteiger partial charge on any atom is -0.330 e. The van der Waals surface area contributed by atoms with Gasteiger partial charge in [0.05, 0.1) is 0 Å². The van der Waals surface area contributed by atoms with Gasteiger partial charge in [-0.25, -0.2) is 0 Å². The Morgan fingerprint density at radius 3 is 2.25 bits per heavy atom. The van der Waals surface area contributed by atoms with Crippen LogP contribution in [0.1, 0.15) is 70.6 Å². The highest BCUT2D eigenvalue weighted by molar-refractivity contribution is 5.01. The first-order valence-electron chi connectivity index (χ1n) is 7.22. The Bertz CT molecular complexity index is 240. The molecule has 2 rings (SSSR count). The highest BCUT2D eigenvalue weighted by Crippen LogP contribution is 2.22. The van der Waals surface area contributed by atoms with Crippen LogP contribution in [0, 0.1) is 12.0 Å². The van der Waals surface area contributed by atoms with Crippen LogP contribution in [0.15, 0.2) is 0 Å². The second-order valence-corrected chi connectivity index (χ2v) is 5.29. The molecule has 1 nitrogen and oxygen atoms in total. The summed E-state index contributed by atoms with van der Waals surface area (Å²) in [6, 6.07) is 4.19. The molecule has 0 radical (unpaired) electrons. The van der Waals surface area contributed by atoms with Crippen molar-refractivity contribution in [3.05, 3.63) is 0 Å². The third-order valence-corrected chi connectivity index (χ3v) is 3.94. The van der Waals surface area contributed by atoms with Gasteiger partial charge in [0.25, 0.3) is 0 Å². The molecule has 1 aliphatic carbocycles. The van der Waals surface area contributed by atoms with E-state index in [1.54, 1.807) is 0 Å². The summed E-state index contributed by atoms with van der Waals surface area (Å²) in [5.74, 6) is 3.35. The fourth-order valence-corrected chi connectivity index (χ4v) is 2.91. The molecule has 0 bridgehead atoms. The summed E-state index contributed by atoms with van der Waals surface area (Å²) in [6.07, 6.45) is 15.1. The van der Waals surface area contributed by atoms with Crippen LogP contribution in [0.4, 0.5) is 0 Å². The zero-order chi connectivity index (χ0) is 11.1. The van der Waals surface area contributed by atoms with Gasteiger partial charge in [0, 0.05) is 25.1 Å². The lowest BCUT2D eigenvalue weighted by molar-refractivity contribution is 0.238. The molecule has 1 heteroatoms. The van der Waals surface area contributed by atoms with E-state index in [1.165, 1.54) is 70.8 Å². The largest absolute Gasteiger partial charge is 0.330 e. The van der Waals surface area contributed by atoms with E-state index >= 15 is 0 Å². The van der Waals surface area contributed by atoms with Gasteiger partial charge in [-0.2, -0.15) is 0 Å². The summed E-state index contributed by atoms with van der Waals surface area (Å²) < 4.78 is 0. The van der Waals surface area contributed by atoms with Gasteiger partial charge in [-0.15, -0.1) is 0 Å². The molecule has 1 aliphatic heterocycles. The van der Waals surface area contributed by atoms with Crippen LogP contribution in [-0.2, 0) is 0 Å². The molecular weight excluding hydrogens is 194 g/mol. The highest BCUT2D eigenvalue weighted by Gasteiger charge is 2.17. The van der Waals surface area contributed by atoms with Gasteiger partial charge in [-0.05, 0) is 25.7 Å². The van der Waals surface area contributed by atoms with Crippen LogP contribution in [0.2, 0.25) is 0 Å². The summed E-state index contributed by atoms with van der Waals surface area (Å²) in [6.45, 7) is 1.22. The Hall–Kier alpha value is -0.640. The lowest BCUT2D eigenvalue weighted by Crippen LogP contribution is -2.33. The van der Waals surface area contributed by atoms with Crippen LogP contribution in [0.5, 0.6) is 0 Å². The number of hydrogen-bond acceptors (Lipinski definition) is 1. The summed E-state index contributed by atoms with van der Waals surface area (Å²) in [7, 11) is 0. The number of hydrogen-bond donors (Lipinski definition) is 0. The summed E-state index contributed by atoms with van der Waals surface area (Å²) >= 11 is 0. The summed E-state index contributed by atoms with van der Waals surface area (Å²) in [4.78, 5) is 2.48. The van der Waals surface area contributed by atoms with E-state index in [0.29, 0.717) is 0 Å². The van der Waals surface area contributed by atoms with Gasteiger partial charge < -0.3 is 4.90 Å². The van der Waals surface area contributed by atoms with Crippen molar-refractivity contribution < 1.29 is 0 Å². The predicted octanol–water partition coefficient (Wildman–Crippen LogP) is 3.94. The zero-order valence-corrected chi connectivity index (χ0v) is 10.5. The molecule has 0 spiro atoms. The van der Waals surface area contributed by atoms with E-state index in [1.807, 2.05) is 0 Å². The van der Waals surface area contributed by atoms with Crippen molar-refractivity contribution in [3.8, 4) is 12.0 Å². The van der Waals surface area contributed by atoms with Crippen LogP contribution < -0.4 is 0 Å². The van der Waals surface area contributed by atoms with Crippen molar-refractivity contribution in [2.24, 2.45) is 0 Å². The van der Waals surface area contributed by atoms with E-state index in [0.717, 1.165) is 12.5 Å². The van der Waals surface area contributed by atoms with Gasteiger partial charge >= 0.3 is 0 Å². The van der Waals surface area contributed by atoms with Gasteiger partial charge in [-0.3, -0.25) is 0 Å². The lowest BCUT2D eigenvalue weighted by Gasteiger charge is -2.30. The second kappa shape index (κ2) is 6.84. The number of nitrogens with zero attached hydrogens (tertiary/aromatic N) is 1. The second-order valence-electron chi connectivity index (χ2n) is 5.29. The molecule has 0 aromatic rings. The molecule has 1 saturated carbocycles. The molecule has 0 aromatic carbocycles. The van der Waals surface area contributed by atoms with Crippen LogP contribution in [0.3, 0.4) is 0 Å². The molecular formula is C15H25N. The van der Waals surface area contributed by atoms with Gasteiger partial charge in [0.2, 0.25) is 0 Å². The molecule has 0 unspecified atom stereocenters. The van der Waals surface area contributed by atoms with Crippen LogP contribution in [-0.4, -0.2) is 17.5 Å². The number of rotatable bonds is 1. The molecule has 1 fully saturated rings. The zero-order valence-electron chi connectivity index (χ0n) is 10.5. The summed E-state index contributed by atoms with van der Waals surface area (Å²) in [5, 5.41) is 0. The minimum absolute atomic E-state index is 0.769. The Morgan fingerprint density at radius 2 is 1.44 bits per heavy atom. The van der Waals surface area contributed by atoms with E-state index in [-0.39, 0.29) is 0 Å². The maximum atomic E-state index is 3.42. The molecule has 2 aliphatic rings. The standard InChI is InChI=1S/C15H25N/c1-3-7-11-15(12-8-4-1)16-13-9-5-2-6-10-14-16/h15H,1-9,11-13H2. The van der Waals surface area contributed by atoms with Crippen LogP contribution in [0.25, 0.3) is 0 Å². The first-order chi connectivity index (χ1) is 7.97. The normalized spacial score (nSPS) is 24.6. The summed E-state index contributed by atoms with van der Waals surface area (Å²) in [5.41, 5.74) is 0.